The van der Waals surface area contributed by atoms with Crippen molar-refractivity contribution < 1.29 is 14.3 Å². The van der Waals surface area contributed by atoms with Crippen LogP contribution >= 0.6 is 11.3 Å². The van der Waals surface area contributed by atoms with E-state index in [-0.39, 0.29) is 17.2 Å². The quantitative estimate of drug-likeness (QED) is 0.634. The molecular formula is C23H17N3O4S. The monoisotopic (exact) mass is 431 g/mol. The van der Waals surface area contributed by atoms with Gasteiger partial charge >= 0.3 is 0 Å². The number of aromatic nitrogens is 1. The number of para-hydroxylation sites is 2. The fourth-order valence-electron chi connectivity index (χ4n) is 4.95. The summed E-state index contributed by atoms with van der Waals surface area (Å²) in [6.07, 6.45) is 0. The lowest BCUT2D eigenvalue weighted by molar-refractivity contribution is -0.132. The molecule has 7 nitrogen and oxygen atoms in total. The fraction of sp³-hybridized carbons (Fsp3) is 0.217. The summed E-state index contributed by atoms with van der Waals surface area (Å²) >= 11 is 1.16. The van der Waals surface area contributed by atoms with Gasteiger partial charge in [0.15, 0.2) is 4.80 Å². The molecule has 1 aromatic heterocycles. The molecule has 31 heavy (non-hydrogen) atoms. The molecule has 3 aliphatic rings. The van der Waals surface area contributed by atoms with Crippen LogP contribution in [0.5, 0.6) is 5.75 Å². The summed E-state index contributed by atoms with van der Waals surface area (Å²) in [6, 6.07) is 14.2. The normalized spacial score (nSPS) is 26.7. The highest BCUT2D eigenvalue weighted by molar-refractivity contribution is 7.07. The Balaban J connectivity index is 1.73. The van der Waals surface area contributed by atoms with E-state index in [0.29, 0.717) is 31.9 Å². The molecular weight excluding hydrogens is 414 g/mol. The third-order valence-electron chi connectivity index (χ3n) is 6.19. The minimum absolute atomic E-state index is 0.104. The number of fused-ring (bicyclic) bond motifs is 7. The van der Waals surface area contributed by atoms with Crippen LogP contribution < -0.4 is 24.9 Å². The zero-order valence-corrected chi connectivity index (χ0v) is 17.5. The zero-order valence-electron chi connectivity index (χ0n) is 16.7. The van der Waals surface area contributed by atoms with Crippen molar-refractivity contribution in [2.75, 3.05) is 5.32 Å². The number of nitrogens with zero attached hydrogens (tertiary/aromatic N) is 2. The van der Waals surface area contributed by atoms with E-state index >= 15 is 0 Å². The minimum atomic E-state index is -1.13. The summed E-state index contributed by atoms with van der Waals surface area (Å²) in [4.78, 5) is 44.3. The molecule has 1 amide bonds. The number of benzene rings is 2. The molecule has 0 spiro atoms. The number of rotatable bonds is 1. The first-order chi connectivity index (χ1) is 14.9. The number of thiazole rings is 1. The van der Waals surface area contributed by atoms with Crippen molar-refractivity contribution in [2.45, 2.75) is 25.6 Å². The Morgan fingerprint density at radius 2 is 1.90 bits per heavy atom. The van der Waals surface area contributed by atoms with Crippen LogP contribution in [0.3, 0.4) is 0 Å². The van der Waals surface area contributed by atoms with Gasteiger partial charge in [-0.15, -0.1) is 0 Å². The molecule has 3 atom stereocenters. The van der Waals surface area contributed by atoms with Crippen molar-refractivity contribution in [3.05, 3.63) is 79.3 Å². The molecule has 0 aliphatic carbocycles. The fourth-order valence-corrected chi connectivity index (χ4v) is 6.14. The molecule has 3 aromatic rings. The van der Waals surface area contributed by atoms with Gasteiger partial charge in [0.1, 0.15) is 22.0 Å². The Hall–Kier alpha value is -3.52. The summed E-state index contributed by atoms with van der Waals surface area (Å²) in [6.45, 7) is 3.28. The molecule has 2 bridgehead atoms. The lowest BCUT2D eigenvalue weighted by Gasteiger charge is -2.45. The number of hydrogen-bond donors (Lipinski definition) is 1. The van der Waals surface area contributed by atoms with Crippen LogP contribution in [0.15, 0.2) is 58.3 Å². The van der Waals surface area contributed by atoms with E-state index < -0.39 is 17.7 Å². The van der Waals surface area contributed by atoms with Crippen molar-refractivity contribution in [1.29, 1.82) is 0 Å². The van der Waals surface area contributed by atoms with Gasteiger partial charge in [-0.05, 0) is 26.0 Å². The van der Waals surface area contributed by atoms with Crippen LogP contribution in [0.4, 0.5) is 5.69 Å². The zero-order chi connectivity index (χ0) is 21.5. The molecule has 0 unspecified atom stereocenters. The highest BCUT2D eigenvalue weighted by Crippen LogP contribution is 2.47. The van der Waals surface area contributed by atoms with Crippen LogP contribution in [-0.4, -0.2) is 22.0 Å². The number of Topliss-reactive ketones (excluding diaryl/α,β-unsaturated/α-hetero) is 1. The third kappa shape index (κ3) is 2.33. The second-order valence-electron chi connectivity index (χ2n) is 8.10. The highest BCUT2D eigenvalue weighted by atomic mass is 32.1. The summed E-state index contributed by atoms with van der Waals surface area (Å²) in [7, 11) is 0. The van der Waals surface area contributed by atoms with E-state index in [0.717, 1.165) is 16.9 Å². The molecule has 0 saturated heterocycles. The smallest absolute Gasteiger partial charge is 0.271 e. The van der Waals surface area contributed by atoms with Crippen LogP contribution in [0.25, 0.3) is 5.57 Å². The standard InChI is InChI=1S/C23H17N3O4S/c1-11(27)17-18-13-8-4-6-10-15(13)30-23(17,2)25-22-26(18)21(29)19(31-22)16-12-7-3-5-9-14(12)24-20(16)28/h3-10,17-18H,1-2H3,(H,24,28)/b19-16-/t17-,18-,23+/m1/s1. The number of ether oxygens (including phenoxy) is 1. The van der Waals surface area contributed by atoms with Gasteiger partial charge in [-0.25, -0.2) is 4.99 Å². The lowest BCUT2D eigenvalue weighted by Crippen LogP contribution is -2.58. The predicted molar refractivity (Wildman–Crippen MR) is 115 cm³/mol. The molecule has 3 aliphatic heterocycles. The Labute approximate surface area is 180 Å². The molecule has 0 radical (unpaired) electrons. The summed E-state index contributed by atoms with van der Waals surface area (Å²) < 4.78 is 8.07. The van der Waals surface area contributed by atoms with Crippen LogP contribution in [0.1, 0.15) is 31.0 Å². The number of carbonyl (C=O) groups excluding carboxylic acids is 2. The second kappa shape index (κ2) is 6.01. The van der Waals surface area contributed by atoms with Crippen LogP contribution in [-0.2, 0) is 9.59 Å². The largest absolute Gasteiger partial charge is 0.465 e. The van der Waals surface area contributed by atoms with Gasteiger partial charge in [0.2, 0.25) is 5.72 Å². The predicted octanol–water partition coefficient (Wildman–Crippen LogP) is 1.60. The van der Waals surface area contributed by atoms with Gasteiger partial charge in [-0.3, -0.25) is 19.0 Å². The van der Waals surface area contributed by atoms with E-state index in [1.165, 1.54) is 6.92 Å². The number of anilines is 1. The number of hydrogen-bond acceptors (Lipinski definition) is 6. The molecule has 8 heteroatoms. The van der Waals surface area contributed by atoms with Gasteiger partial charge in [-0.2, -0.15) is 0 Å². The van der Waals surface area contributed by atoms with Crippen molar-refractivity contribution in [3.63, 3.8) is 0 Å². The van der Waals surface area contributed by atoms with E-state index in [9.17, 15) is 14.4 Å². The Morgan fingerprint density at radius 1 is 1.16 bits per heavy atom. The van der Waals surface area contributed by atoms with Gasteiger partial charge in [0.25, 0.3) is 11.5 Å². The summed E-state index contributed by atoms with van der Waals surface area (Å²) in [5.41, 5.74) is 1.04. The Kier molecular flexibility index (Phi) is 3.54. The first-order valence-electron chi connectivity index (χ1n) is 9.94. The molecule has 2 aromatic carbocycles. The van der Waals surface area contributed by atoms with E-state index in [1.807, 2.05) is 42.5 Å². The first-order valence-corrected chi connectivity index (χ1v) is 10.8. The number of carbonyl (C=O) groups is 2. The number of nitrogens with one attached hydrogen (secondary N) is 1. The number of amides is 1. The van der Waals surface area contributed by atoms with Crippen LogP contribution in [0.2, 0.25) is 0 Å². The van der Waals surface area contributed by atoms with E-state index in [1.54, 1.807) is 17.6 Å². The van der Waals surface area contributed by atoms with Gasteiger partial charge in [0, 0.05) is 16.8 Å². The maximum Gasteiger partial charge on any atom is 0.271 e. The molecule has 4 heterocycles. The highest BCUT2D eigenvalue weighted by Gasteiger charge is 2.53. The van der Waals surface area contributed by atoms with Crippen molar-refractivity contribution in [3.8, 4) is 5.75 Å². The van der Waals surface area contributed by atoms with Gasteiger partial charge in [-0.1, -0.05) is 47.7 Å². The van der Waals surface area contributed by atoms with Gasteiger partial charge in [0.05, 0.1) is 11.6 Å². The summed E-state index contributed by atoms with van der Waals surface area (Å²) in [5, 5.41) is 2.82. The maximum absolute atomic E-state index is 13.7. The SMILES string of the molecule is CC(=O)[C@@H]1[C@H]2c3ccccc3O[C@]1(C)N=c1s/c(=C3\C(=O)Nc4ccccc43)c(=O)n12. The topological polar surface area (TPSA) is 89.8 Å². The first kappa shape index (κ1) is 18.3. The Bertz CT molecular complexity index is 1500. The van der Waals surface area contributed by atoms with E-state index in [4.69, 9.17) is 9.73 Å². The Morgan fingerprint density at radius 3 is 2.71 bits per heavy atom. The maximum atomic E-state index is 13.7. The third-order valence-corrected chi connectivity index (χ3v) is 7.25. The average Bonchev–Trinajstić information content (AvgIpc) is 3.21. The van der Waals surface area contributed by atoms with Crippen molar-refractivity contribution in [1.82, 2.24) is 4.57 Å². The van der Waals surface area contributed by atoms with Crippen molar-refractivity contribution in [2.24, 2.45) is 10.9 Å². The lowest BCUT2D eigenvalue weighted by atomic mass is 9.79. The molecule has 0 fully saturated rings. The molecule has 0 saturated carbocycles. The van der Waals surface area contributed by atoms with E-state index in [2.05, 4.69) is 5.32 Å². The van der Waals surface area contributed by atoms with Crippen LogP contribution in [0, 0.1) is 5.92 Å². The average molecular weight is 431 g/mol. The molecule has 1 N–H and O–H groups in total. The second-order valence-corrected chi connectivity index (χ2v) is 9.08. The summed E-state index contributed by atoms with van der Waals surface area (Å²) in [5.74, 6) is -0.456. The minimum Gasteiger partial charge on any atom is -0.465 e. The molecule has 6 rings (SSSR count). The van der Waals surface area contributed by atoms with Gasteiger partial charge < -0.3 is 10.1 Å². The molecule has 154 valence electrons. The number of ketones is 1. The van der Waals surface area contributed by atoms with Crippen molar-refractivity contribution >= 4 is 34.3 Å².